The van der Waals surface area contributed by atoms with Crippen LogP contribution in [0.2, 0.25) is 0 Å². The Morgan fingerprint density at radius 2 is 1.94 bits per heavy atom. The van der Waals surface area contributed by atoms with Gasteiger partial charge in [-0.2, -0.15) is 0 Å². The molecule has 2 unspecified atom stereocenters. The lowest BCUT2D eigenvalue weighted by Gasteiger charge is -2.24. The molecule has 0 aliphatic carbocycles. The van der Waals surface area contributed by atoms with Gasteiger partial charge in [0.2, 0.25) is 0 Å². The summed E-state index contributed by atoms with van der Waals surface area (Å²) in [5.74, 6) is 0.0779. The van der Waals surface area contributed by atoms with E-state index in [-0.39, 0.29) is 0 Å². The van der Waals surface area contributed by atoms with E-state index in [2.05, 4.69) is 11.8 Å². The topological polar surface area (TPSA) is 3.24 Å². The molecular formula is C13H16ClF2N. The van der Waals surface area contributed by atoms with Crippen molar-refractivity contribution in [1.29, 1.82) is 0 Å². The molecule has 0 N–H and O–H groups in total. The fourth-order valence-corrected chi connectivity index (χ4v) is 2.97. The van der Waals surface area contributed by atoms with Gasteiger partial charge in [0.1, 0.15) is 11.6 Å². The zero-order valence-electron chi connectivity index (χ0n) is 9.80. The molecule has 0 bridgehead atoms. The van der Waals surface area contributed by atoms with Gasteiger partial charge < -0.3 is 0 Å². The summed E-state index contributed by atoms with van der Waals surface area (Å²) < 4.78 is 26.1. The van der Waals surface area contributed by atoms with Crippen LogP contribution in [0.4, 0.5) is 8.78 Å². The molecule has 0 amide bonds. The fourth-order valence-electron chi connectivity index (χ4n) is 2.47. The predicted octanol–water partition coefficient (Wildman–Crippen LogP) is 3.41. The van der Waals surface area contributed by atoms with Crippen molar-refractivity contribution in [2.45, 2.75) is 25.9 Å². The van der Waals surface area contributed by atoms with Crippen molar-refractivity contribution in [3.63, 3.8) is 0 Å². The van der Waals surface area contributed by atoms with Gasteiger partial charge in [0, 0.05) is 24.5 Å². The summed E-state index contributed by atoms with van der Waals surface area (Å²) >= 11 is 5.94. The molecule has 1 nitrogen and oxygen atoms in total. The largest absolute Gasteiger partial charge is 0.295 e. The summed E-state index contributed by atoms with van der Waals surface area (Å²) in [6, 6.07) is 3.98. The minimum absolute atomic E-state index is 0.308. The van der Waals surface area contributed by atoms with Gasteiger partial charge in [0.15, 0.2) is 0 Å². The van der Waals surface area contributed by atoms with E-state index in [0.29, 0.717) is 29.9 Å². The lowest BCUT2D eigenvalue weighted by Crippen LogP contribution is -2.33. The number of halogens is 3. The Morgan fingerprint density at radius 1 is 1.29 bits per heavy atom. The van der Waals surface area contributed by atoms with E-state index in [0.717, 1.165) is 19.0 Å². The highest BCUT2D eigenvalue weighted by atomic mass is 35.5. The zero-order valence-corrected chi connectivity index (χ0v) is 10.6. The first kappa shape index (κ1) is 12.8. The van der Waals surface area contributed by atoms with Gasteiger partial charge in [-0.3, -0.25) is 4.90 Å². The monoisotopic (exact) mass is 259 g/mol. The van der Waals surface area contributed by atoms with E-state index >= 15 is 0 Å². The second-order valence-electron chi connectivity index (χ2n) is 4.74. The van der Waals surface area contributed by atoms with Crippen molar-refractivity contribution >= 4 is 11.6 Å². The molecule has 17 heavy (non-hydrogen) atoms. The van der Waals surface area contributed by atoms with Gasteiger partial charge in [0.25, 0.3) is 0 Å². The molecule has 1 saturated heterocycles. The molecule has 2 atom stereocenters. The summed E-state index contributed by atoms with van der Waals surface area (Å²) in [7, 11) is 0. The van der Waals surface area contributed by atoms with Crippen LogP contribution < -0.4 is 0 Å². The van der Waals surface area contributed by atoms with Crippen LogP contribution in [-0.2, 0) is 6.54 Å². The Hall–Kier alpha value is -0.670. The Balaban J connectivity index is 2.10. The first-order valence-corrected chi connectivity index (χ1v) is 6.38. The molecule has 1 heterocycles. The van der Waals surface area contributed by atoms with Gasteiger partial charge >= 0.3 is 0 Å². The number of nitrogens with zero attached hydrogens (tertiary/aromatic N) is 1. The molecular weight excluding hydrogens is 244 g/mol. The van der Waals surface area contributed by atoms with Crippen molar-refractivity contribution in [1.82, 2.24) is 4.90 Å². The van der Waals surface area contributed by atoms with Gasteiger partial charge in [-0.15, -0.1) is 11.6 Å². The number of likely N-dealkylation sites (tertiary alicyclic amines) is 1. The standard InChI is InChI=1S/C13H16ClF2N/c1-9-2-3-17(13(9)7-14)8-10-4-11(15)6-12(16)5-10/h4-6,9,13H,2-3,7-8H2,1H3. The molecule has 4 heteroatoms. The van der Waals surface area contributed by atoms with E-state index in [1.54, 1.807) is 0 Å². The Kier molecular flexibility index (Phi) is 4.00. The third-order valence-electron chi connectivity index (χ3n) is 3.46. The predicted molar refractivity (Wildman–Crippen MR) is 65.1 cm³/mol. The van der Waals surface area contributed by atoms with Crippen molar-refractivity contribution in [2.24, 2.45) is 5.92 Å². The number of rotatable bonds is 3. The average molecular weight is 260 g/mol. The van der Waals surface area contributed by atoms with Crippen molar-refractivity contribution in [2.75, 3.05) is 12.4 Å². The molecule has 0 saturated carbocycles. The minimum atomic E-state index is -0.519. The number of hydrogen-bond donors (Lipinski definition) is 0. The van der Waals surface area contributed by atoms with Gasteiger partial charge in [-0.05, 0) is 36.6 Å². The summed E-state index contributed by atoms with van der Waals surface area (Å²) in [4.78, 5) is 2.20. The quantitative estimate of drug-likeness (QED) is 0.752. The van der Waals surface area contributed by atoms with Crippen LogP contribution in [0.25, 0.3) is 0 Å². The second-order valence-corrected chi connectivity index (χ2v) is 5.04. The number of hydrogen-bond acceptors (Lipinski definition) is 1. The summed E-state index contributed by atoms with van der Waals surface area (Å²) in [6.07, 6.45) is 1.09. The van der Waals surface area contributed by atoms with Crippen molar-refractivity contribution in [3.05, 3.63) is 35.4 Å². The molecule has 1 aliphatic rings. The molecule has 1 aromatic carbocycles. The van der Waals surface area contributed by atoms with Crippen LogP contribution in [-0.4, -0.2) is 23.4 Å². The zero-order chi connectivity index (χ0) is 12.4. The van der Waals surface area contributed by atoms with Crippen LogP contribution in [0.3, 0.4) is 0 Å². The van der Waals surface area contributed by atoms with Gasteiger partial charge in [-0.1, -0.05) is 6.92 Å². The summed E-state index contributed by atoms with van der Waals surface area (Å²) in [5, 5.41) is 0. The van der Waals surface area contributed by atoms with Crippen molar-refractivity contribution < 1.29 is 8.78 Å². The van der Waals surface area contributed by atoms with Crippen LogP contribution >= 0.6 is 11.6 Å². The molecule has 1 fully saturated rings. The fraction of sp³-hybridized carbons (Fsp3) is 0.538. The maximum atomic E-state index is 13.1. The van der Waals surface area contributed by atoms with Gasteiger partial charge in [-0.25, -0.2) is 8.78 Å². The van der Waals surface area contributed by atoms with E-state index < -0.39 is 11.6 Å². The molecule has 94 valence electrons. The Labute approximate surface area is 105 Å². The second kappa shape index (κ2) is 5.32. The van der Waals surface area contributed by atoms with Crippen LogP contribution in [0.1, 0.15) is 18.9 Å². The SMILES string of the molecule is CC1CCN(Cc2cc(F)cc(F)c2)C1CCl. The smallest absolute Gasteiger partial charge is 0.126 e. The molecule has 0 spiro atoms. The molecule has 0 aromatic heterocycles. The van der Waals surface area contributed by atoms with E-state index in [1.165, 1.54) is 12.1 Å². The lowest BCUT2D eigenvalue weighted by molar-refractivity contribution is 0.241. The molecule has 2 rings (SSSR count). The van der Waals surface area contributed by atoms with Crippen LogP contribution in [0.15, 0.2) is 18.2 Å². The summed E-state index contributed by atoms with van der Waals surface area (Å²) in [6.45, 7) is 3.67. The number of alkyl halides is 1. The first-order valence-electron chi connectivity index (χ1n) is 5.85. The van der Waals surface area contributed by atoms with Gasteiger partial charge in [0.05, 0.1) is 0 Å². The minimum Gasteiger partial charge on any atom is -0.295 e. The molecule has 1 aromatic rings. The van der Waals surface area contributed by atoms with Crippen LogP contribution in [0.5, 0.6) is 0 Å². The van der Waals surface area contributed by atoms with E-state index in [9.17, 15) is 8.78 Å². The van der Waals surface area contributed by atoms with Crippen molar-refractivity contribution in [3.8, 4) is 0 Å². The third-order valence-corrected chi connectivity index (χ3v) is 3.78. The van der Waals surface area contributed by atoms with Crippen LogP contribution in [0, 0.1) is 17.6 Å². The average Bonchev–Trinajstić information content (AvgIpc) is 2.57. The van der Waals surface area contributed by atoms with E-state index in [4.69, 9.17) is 11.6 Å². The maximum Gasteiger partial charge on any atom is 0.126 e. The Bertz CT molecular complexity index is 377. The van der Waals surface area contributed by atoms with E-state index in [1.807, 2.05) is 0 Å². The maximum absolute atomic E-state index is 13.1. The molecule has 1 aliphatic heterocycles. The first-order chi connectivity index (χ1) is 8.10. The highest BCUT2D eigenvalue weighted by Gasteiger charge is 2.30. The Morgan fingerprint density at radius 3 is 2.53 bits per heavy atom. The highest BCUT2D eigenvalue weighted by Crippen LogP contribution is 2.26. The third kappa shape index (κ3) is 2.96. The normalized spacial score (nSPS) is 25.4. The number of benzene rings is 1. The molecule has 0 radical (unpaired) electrons. The summed E-state index contributed by atoms with van der Waals surface area (Å²) in [5.41, 5.74) is 0.673. The highest BCUT2D eigenvalue weighted by molar-refractivity contribution is 6.18. The lowest BCUT2D eigenvalue weighted by atomic mass is 10.0.